The Hall–Kier alpha value is -3.49. The lowest BCUT2D eigenvalue weighted by atomic mass is 10.2. The van der Waals surface area contributed by atoms with Crippen LogP contribution in [-0.2, 0) is 4.79 Å². The predicted molar refractivity (Wildman–Crippen MR) is 138 cm³/mol. The number of carbonyl (C=O) groups is 1. The molecule has 0 aliphatic carbocycles. The zero-order valence-electron chi connectivity index (χ0n) is 18.4. The Balaban J connectivity index is 1.58. The fraction of sp³-hybridized carbons (Fsp3) is 0.120. The van der Waals surface area contributed by atoms with Crippen molar-refractivity contribution in [2.24, 2.45) is 5.10 Å². The van der Waals surface area contributed by atoms with Crippen molar-refractivity contribution in [3.63, 3.8) is 0 Å². The Labute approximate surface area is 209 Å². The largest absolute Gasteiger partial charge is 0.483 e. The number of aromatic nitrogens is 2. The molecule has 0 saturated heterocycles. The van der Waals surface area contributed by atoms with Gasteiger partial charge in [0.1, 0.15) is 11.6 Å². The summed E-state index contributed by atoms with van der Waals surface area (Å²) >= 11 is 9.54. The van der Waals surface area contributed by atoms with Crippen molar-refractivity contribution in [3.05, 3.63) is 97.5 Å². The number of nitrogens with zero attached hydrogens (tertiary/aromatic N) is 3. The van der Waals surface area contributed by atoms with Crippen LogP contribution in [0.5, 0.6) is 5.75 Å². The van der Waals surface area contributed by atoms with Crippen molar-refractivity contribution in [1.82, 2.24) is 9.66 Å². The summed E-state index contributed by atoms with van der Waals surface area (Å²) in [6.07, 6.45) is 1.46. The summed E-state index contributed by atoms with van der Waals surface area (Å²) in [5.41, 5.74) is 2.47. The van der Waals surface area contributed by atoms with Crippen LogP contribution >= 0.6 is 27.5 Å². The second kappa shape index (κ2) is 10.2. The molecule has 4 aromatic rings. The molecule has 0 saturated carbocycles. The van der Waals surface area contributed by atoms with Crippen molar-refractivity contribution in [3.8, 4) is 5.75 Å². The first-order valence-electron chi connectivity index (χ1n) is 10.3. The van der Waals surface area contributed by atoms with Crippen LogP contribution in [0.4, 0.5) is 5.69 Å². The van der Waals surface area contributed by atoms with Crippen LogP contribution in [0.3, 0.4) is 0 Å². The summed E-state index contributed by atoms with van der Waals surface area (Å²) in [7, 11) is 0. The molecule has 7 nitrogen and oxygen atoms in total. The smallest absolute Gasteiger partial charge is 0.282 e. The Morgan fingerprint density at radius 2 is 1.97 bits per heavy atom. The van der Waals surface area contributed by atoms with E-state index in [2.05, 4.69) is 31.3 Å². The van der Waals surface area contributed by atoms with E-state index in [1.807, 2.05) is 37.3 Å². The number of aryl methyl sites for hydroxylation is 2. The van der Waals surface area contributed by atoms with Crippen LogP contribution in [0.15, 0.2) is 75.0 Å². The monoisotopic (exact) mass is 538 g/mol. The SMILES string of the molecule is Cc1ccccc1NC(=O)COc1ccc(Cl)cc1C=Nn1c(C)nc2ccc(Br)cc2c1=O. The number of nitrogens with one attached hydrogen (secondary N) is 1. The van der Waals surface area contributed by atoms with E-state index < -0.39 is 0 Å². The minimum absolute atomic E-state index is 0.207. The number of hydrogen-bond donors (Lipinski definition) is 1. The number of amides is 1. The van der Waals surface area contributed by atoms with E-state index >= 15 is 0 Å². The number of anilines is 1. The zero-order valence-corrected chi connectivity index (χ0v) is 20.7. The molecule has 1 heterocycles. The molecular formula is C25H20BrClN4O3. The van der Waals surface area contributed by atoms with Crippen molar-refractivity contribution in [2.45, 2.75) is 13.8 Å². The molecule has 1 amide bonds. The van der Waals surface area contributed by atoms with Crippen molar-refractivity contribution >= 4 is 56.2 Å². The molecule has 0 bridgehead atoms. The highest BCUT2D eigenvalue weighted by molar-refractivity contribution is 9.10. The van der Waals surface area contributed by atoms with Crippen LogP contribution in [0, 0.1) is 13.8 Å². The van der Waals surface area contributed by atoms with Gasteiger partial charge in [-0.1, -0.05) is 45.7 Å². The third-order valence-corrected chi connectivity index (χ3v) is 5.76. The summed E-state index contributed by atoms with van der Waals surface area (Å²) in [6, 6.07) is 17.7. The summed E-state index contributed by atoms with van der Waals surface area (Å²) < 4.78 is 7.71. The first-order chi connectivity index (χ1) is 16.3. The Kier molecular flexibility index (Phi) is 7.09. The second-order valence-corrected chi connectivity index (χ2v) is 8.87. The molecule has 0 fully saturated rings. The van der Waals surface area contributed by atoms with Gasteiger partial charge in [0.15, 0.2) is 6.61 Å². The highest BCUT2D eigenvalue weighted by Gasteiger charge is 2.11. The molecular weight excluding hydrogens is 520 g/mol. The molecule has 0 aliphatic heterocycles. The van der Waals surface area contributed by atoms with Crippen LogP contribution in [0.1, 0.15) is 17.0 Å². The Bertz CT molecular complexity index is 1480. The number of rotatable bonds is 6. The predicted octanol–water partition coefficient (Wildman–Crippen LogP) is 5.33. The van der Waals surface area contributed by atoms with Gasteiger partial charge in [0.2, 0.25) is 0 Å². The first-order valence-corrected chi connectivity index (χ1v) is 11.5. The summed E-state index contributed by atoms with van der Waals surface area (Å²) in [5, 5.41) is 8.05. The van der Waals surface area contributed by atoms with Crippen LogP contribution in [-0.4, -0.2) is 28.4 Å². The molecule has 34 heavy (non-hydrogen) atoms. The van der Waals surface area contributed by atoms with Crippen molar-refractivity contribution in [2.75, 3.05) is 11.9 Å². The molecule has 0 aliphatic rings. The maximum atomic E-state index is 13.0. The lowest BCUT2D eigenvalue weighted by Crippen LogP contribution is -2.21. The van der Waals surface area contributed by atoms with Gasteiger partial charge in [0.25, 0.3) is 11.5 Å². The van der Waals surface area contributed by atoms with E-state index in [-0.39, 0.29) is 18.1 Å². The molecule has 3 aromatic carbocycles. The number of para-hydroxylation sites is 1. The topological polar surface area (TPSA) is 85.6 Å². The first kappa shape index (κ1) is 23.7. The van der Waals surface area contributed by atoms with Gasteiger partial charge < -0.3 is 10.1 Å². The standard InChI is InChI=1S/C25H20BrClN4O3/c1-15-5-3-4-6-21(15)30-24(32)14-34-23-10-8-19(27)11-17(23)13-28-31-16(2)29-22-9-7-18(26)12-20(22)25(31)33/h3-13H,14H2,1-2H3,(H,30,32). The summed E-state index contributed by atoms with van der Waals surface area (Å²) in [4.78, 5) is 29.8. The van der Waals surface area contributed by atoms with E-state index in [0.717, 1.165) is 15.7 Å². The van der Waals surface area contributed by atoms with Crippen molar-refractivity contribution in [1.29, 1.82) is 0 Å². The fourth-order valence-corrected chi connectivity index (χ4v) is 3.85. The van der Waals surface area contributed by atoms with Crippen molar-refractivity contribution < 1.29 is 9.53 Å². The number of benzene rings is 3. The summed E-state index contributed by atoms with van der Waals surface area (Å²) in [5.74, 6) is 0.525. The van der Waals surface area contributed by atoms with E-state index in [4.69, 9.17) is 16.3 Å². The summed E-state index contributed by atoms with van der Waals surface area (Å²) in [6.45, 7) is 3.40. The van der Waals surface area contributed by atoms with Crippen LogP contribution in [0.25, 0.3) is 10.9 Å². The van der Waals surface area contributed by atoms with Gasteiger partial charge in [0, 0.05) is 20.7 Å². The maximum Gasteiger partial charge on any atom is 0.282 e. The molecule has 1 N–H and O–H groups in total. The molecule has 1 aromatic heterocycles. The third kappa shape index (κ3) is 5.35. The normalized spacial score (nSPS) is 11.2. The van der Waals surface area contributed by atoms with Crippen LogP contribution < -0.4 is 15.6 Å². The van der Waals surface area contributed by atoms with Crippen LogP contribution in [0.2, 0.25) is 5.02 Å². The lowest BCUT2D eigenvalue weighted by molar-refractivity contribution is -0.118. The Morgan fingerprint density at radius 3 is 2.76 bits per heavy atom. The average Bonchev–Trinajstić information content (AvgIpc) is 2.80. The quantitative estimate of drug-likeness (QED) is 0.336. The molecule has 0 radical (unpaired) electrons. The minimum Gasteiger partial charge on any atom is -0.483 e. The number of halogens is 2. The lowest BCUT2D eigenvalue weighted by Gasteiger charge is -2.11. The molecule has 172 valence electrons. The minimum atomic E-state index is -0.304. The fourth-order valence-electron chi connectivity index (χ4n) is 3.31. The maximum absolute atomic E-state index is 13.0. The molecule has 4 rings (SSSR count). The second-order valence-electron chi connectivity index (χ2n) is 7.52. The Morgan fingerprint density at radius 1 is 1.18 bits per heavy atom. The van der Waals surface area contributed by atoms with E-state index in [0.29, 0.717) is 33.1 Å². The highest BCUT2D eigenvalue weighted by atomic mass is 79.9. The average molecular weight is 540 g/mol. The van der Waals surface area contributed by atoms with Gasteiger partial charge in [0.05, 0.1) is 17.1 Å². The number of fused-ring (bicyclic) bond motifs is 1. The zero-order chi connectivity index (χ0) is 24.2. The van der Waals surface area contributed by atoms with Gasteiger partial charge >= 0.3 is 0 Å². The molecule has 0 unspecified atom stereocenters. The number of carbonyl (C=O) groups excluding carboxylic acids is 1. The van der Waals surface area contributed by atoms with Gasteiger partial charge in [-0.15, -0.1) is 0 Å². The molecule has 9 heteroatoms. The van der Waals surface area contributed by atoms with E-state index in [1.54, 1.807) is 37.3 Å². The highest BCUT2D eigenvalue weighted by Crippen LogP contribution is 2.22. The van der Waals surface area contributed by atoms with Gasteiger partial charge in [-0.2, -0.15) is 9.78 Å². The number of ether oxygens (including phenoxy) is 1. The van der Waals surface area contributed by atoms with Gasteiger partial charge in [-0.05, 0) is 61.9 Å². The molecule has 0 atom stereocenters. The van der Waals surface area contributed by atoms with E-state index in [1.165, 1.54) is 10.9 Å². The number of hydrogen-bond acceptors (Lipinski definition) is 5. The van der Waals surface area contributed by atoms with Gasteiger partial charge in [-0.25, -0.2) is 4.98 Å². The molecule has 0 spiro atoms. The van der Waals surface area contributed by atoms with E-state index in [9.17, 15) is 9.59 Å². The third-order valence-electron chi connectivity index (χ3n) is 5.03. The van der Waals surface area contributed by atoms with Gasteiger partial charge in [-0.3, -0.25) is 9.59 Å².